The number of hydrogen-bond acceptors (Lipinski definition) is 5. The van der Waals surface area contributed by atoms with E-state index in [9.17, 15) is 12.8 Å². The molecule has 0 aliphatic rings. The van der Waals surface area contributed by atoms with Crippen LogP contribution in [0.2, 0.25) is 0 Å². The van der Waals surface area contributed by atoms with Crippen LogP contribution in [0.5, 0.6) is 5.75 Å². The van der Waals surface area contributed by atoms with Gasteiger partial charge in [0, 0.05) is 12.7 Å². The summed E-state index contributed by atoms with van der Waals surface area (Å²) in [5, 5.41) is -0.671. The third kappa shape index (κ3) is 3.29. The van der Waals surface area contributed by atoms with Crippen molar-refractivity contribution >= 4 is 15.7 Å². The maximum Gasteiger partial charge on any atom is 0.282 e. The zero-order valence-corrected chi connectivity index (χ0v) is 12.0. The number of anilines is 1. The Bertz CT molecular complexity index is 750. The number of ether oxygens (including phenoxy) is 1. The Morgan fingerprint density at radius 2 is 2.14 bits per heavy atom. The highest BCUT2D eigenvalue weighted by Crippen LogP contribution is 2.28. The van der Waals surface area contributed by atoms with Crippen molar-refractivity contribution in [3.8, 4) is 5.75 Å². The molecule has 0 saturated heterocycles. The van der Waals surface area contributed by atoms with Crippen molar-refractivity contribution in [2.45, 2.75) is 11.6 Å². The molecule has 0 atom stereocenters. The summed E-state index contributed by atoms with van der Waals surface area (Å²) >= 11 is 0. The Labute approximate surface area is 121 Å². The first kappa shape index (κ1) is 15.2. The molecule has 0 saturated carbocycles. The first-order chi connectivity index (χ1) is 9.97. The zero-order chi connectivity index (χ0) is 15.5. The van der Waals surface area contributed by atoms with Crippen LogP contribution in [0.3, 0.4) is 0 Å². The molecule has 0 amide bonds. The van der Waals surface area contributed by atoms with Gasteiger partial charge < -0.3 is 10.5 Å². The number of nitrogens with zero attached hydrogens (tertiary/aromatic N) is 1. The van der Waals surface area contributed by atoms with Gasteiger partial charge in [-0.1, -0.05) is 6.07 Å². The minimum Gasteiger partial charge on any atom is -0.495 e. The first-order valence-electron chi connectivity index (χ1n) is 5.98. The van der Waals surface area contributed by atoms with E-state index in [4.69, 9.17) is 10.5 Å². The molecule has 1 aromatic heterocycles. The van der Waals surface area contributed by atoms with Crippen LogP contribution in [0, 0.1) is 5.82 Å². The quantitative estimate of drug-likeness (QED) is 0.872. The first-order valence-corrected chi connectivity index (χ1v) is 7.46. The second-order valence-electron chi connectivity index (χ2n) is 4.13. The number of methoxy groups -OCH3 is 1. The van der Waals surface area contributed by atoms with Gasteiger partial charge in [-0.3, -0.25) is 4.72 Å². The molecule has 1 aromatic carbocycles. The Kier molecular flexibility index (Phi) is 4.39. The molecule has 2 aromatic rings. The van der Waals surface area contributed by atoms with Crippen molar-refractivity contribution in [1.29, 1.82) is 0 Å². The highest BCUT2D eigenvalue weighted by molar-refractivity contribution is 7.92. The molecular formula is C13H14FN3O3S. The largest absolute Gasteiger partial charge is 0.495 e. The fraction of sp³-hybridized carbons (Fsp3) is 0.154. The molecule has 3 N–H and O–H groups in total. The number of hydrogen-bond donors (Lipinski definition) is 2. The SMILES string of the molecule is COc1cc(CN)ccc1NS(=O)(=O)c1ncccc1F. The van der Waals surface area contributed by atoms with Crippen molar-refractivity contribution in [1.82, 2.24) is 4.98 Å². The number of halogens is 1. The van der Waals surface area contributed by atoms with Crippen LogP contribution in [-0.2, 0) is 16.6 Å². The van der Waals surface area contributed by atoms with Gasteiger partial charge in [-0.25, -0.2) is 9.37 Å². The Hall–Kier alpha value is -2.19. The average Bonchev–Trinajstić information content (AvgIpc) is 2.47. The number of nitrogens with one attached hydrogen (secondary N) is 1. The highest BCUT2D eigenvalue weighted by Gasteiger charge is 2.22. The molecule has 1 heterocycles. The van der Waals surface area contributed by atoms with Crippen molar-refractivity contribution in [3.05, 3.63) is 47.9 Å². The molecule has 0 aliphatic heterocycles. The van der Waals surface area contributed by atoms with Gasteiger partial charge >= 0.3 is 0 Å². The summed E-state index contributed by atoms with van der Waals surface area (Å²) in [6.45, 7) is 0.290. The van der Waals surface area contributed by atoms with Crippen molar-refractivity contribution < 1.29 is 17.5 Å². The van der Waals surface area contributed by atoms with Crippen LogP contribution < -0.4 is 15.2 Å². The van der Waals surface area contributed by atoms with E-state index in [1.807, 2.05) is 0 Å². The van der Waals surface area contributed by atoms with Gasteiger partial charge in [0.15, 0.2) is 5.82 Å². The molecule has 0 radical (unpaired) electrons. The lowest BCUT2D eigenvalue weighted by molar-refractivity contribution is 0.416. The molecule has 6 nitrogen and oxygen atoms in total. The van der Waals surface area contributed by atoms with Gasteiger partial charge in [-0.15, -0.1) is 0 Å². The number of sulfonamides is 1. The second-order valence-corrected chi connectivity index (χ2v) is 5.73. The molecule has 8 heteroatoms. The summed E-state index contributed by atoms with van der Waals surface area (Å²) in [7, 11) is -2.75. The monoisotopic (exact) mass is 311 g/mol. The summed E-state index contributed by atoms with van der Waals surface area (Å²) in [5.41, 5.74) is 6.46. The van der Waals surface area contributed by atoms with Crippen LogP contribution >= 0.6 is 0 Å². The van der Waals surface area contributed by atoms with E-state index in [-0.39, 0.29) is 18.0 Å². The van der Waals surface area contributed by atoms with E-state index >= 15 is 0 Å². The Morgan fingerprint density at radius 1 is 1.38 bits per heavy atom. The number of nitrogens with two attached hydrogens (primary N) is 1. The third-order valence-corrected chi connectivity index (χ3v) is 4.02. The molecule has 0 spiro atoms. The molecule has 2 rings (SSSR count). The lowest BCUT2D eigenvalue weighted by Gasteiger charge is -2.12. The van der Waals surface area contributed by atoms with Crippen LogP contribution in [-0.4, -0.2) is 20.5 Å². The second kappa shape index (κ2) is 6.06. The van der Waals surface area contributed by atoms with Crippen LogP contribution in [0.25, 0.3) is 0 Å². The minimum absolute atomic E-state index is 0.180. The van der Waals surface area contributed by atoms with Crippen molar-refractivity contribution in [2.75, 3.05) is 11.8 Å². The maximum absolute atomic E-state index is 13.6. The zero-order valence-electron chi connectivity index (χ0n) is 11.2. The maximum atomic E-state index is 13.6. The minimum atomic E-state index is -4.14. The number of aromatic nitrogens is 1. The van der Waals surface area contributed by atoms with E-state index in [0.29, 0.717) is 0 Å². The molecule has 0 unspecified atom stereocenters. The van der Waals surface area contributed by atoms with Gasteiger partial charge in [0.2, 0.25) is 5.03 Å². The number of rotatable bonds is 5. The lowest BCUT2D eigenvalue weighted by atomic mass is 10.2. The van der Waals surface area contributed by atoms with Gasteiger partial charge in [-0.05, 0) is 29.8 Å². The fourth-order valence-electron chi connectivity index (χ4n) is 1.71. The van der Waals surface area contributed by atoms with E-state index in [1.54, 1.807) is 12.1 Å². The van der Waals surface area contributed by atoms with Crippen LogP contribution in [0.15, 0.2) is 41.6 Å². The molecular weight excluding hydrogens is 297 g/mol. The van der Waals surface area contributed by atoms with Gasteiger partial charge in [0.1, 0.15) is 5.75 Å². The normalized spacial score (nSPS) is 11.2. The molecule has 0 fully saturated rings. The van der Waals surface area contributed by atoms with E-state index < -0.39 is 20.9 Å². The summed E-state index contributed by atoms with van der Waals surface area (Å²) in [6.07, 6.45) is 1.20. The molecule has 0 bridgehead atoms. The summed E-state index contributed by atoms with van der Waals surface area (Å²) < 4.78 is 45.2. The molecule has 21 heavy (non-hydrogen) atoms. The Balaban J connectivity index is 2.40. The van der Waals surface area contributed by atoms with Gasteiger partial charge in [-0.2, -0.15) is 8.42 Å². The number of pyridine rings is 1. The van der Waals surface area contributed by atoms with E-state index in [1.165, 1.54) is 25.4 Å². The lowest BCUT2D eigenvalue weighted by Crippen LogP contribution is -2.16. The smallest absolute Gasteiger partial charge is 0.282 e. The summed E-state index contributed by atoms with van der Waals surface area (Å²) in [6, 6.07) is 7.09. The van der Waals surface area contributed by atoms with E-state index in [2.05, 4.69) is 9.71 Å². The third-order valence-electron chi connectivity index (χ3n) is 2.73. The van der Waals surface area contributed by atoms with Crippen LogP contribution in [0.1, 0.15) is 5.56 Å². The standard InChI is InChI=1S/C13H14FN3O3S/c1-20-12-7-9(8-15)4-5-11(12)17-21(18,19)13-10(14)3-2-6-16-13/h2-7,17H,8,15H2,1H3. The summed E-state index contributed by atoms with van der Waals surface area (Å²) in [4.78, 5) is 3.55. The van der Waals surface area contributed by atoms with Gasteiger partial charge in [0.25, 0.3) is 10.0 Å². The van der Waals surface area contributed by atoms with Gasteiger partial charge in [0.05, 0.1) is 12.8 Å². The molecule has 0 aliphatic carbocycles. The van der Waals surface area contributed by atoms with E-state index in [0.717, 1.165) is 11.6 Å². The Morgan fingerprint density at radius 3 is 2.76 bits per heavy atom. The predicted molar refractivity (Wildman–Crippen MR) is 75.9 cm³/mol. The average molecular weight is 311 g/mol. The van der Waals surface area contributed by atoms with Crippen molar-refractivity contribution in [2.24, 2.45) is 5.73 Å². The fourth-order valence-corrected chi connectivity index (χ4v) is 2.79. The summed E-state index contributed by atoms with van der Waals surface area (Å²) in [5.74, 6) is -0.639. The number of benzene rings is 1. The van der Waals surface area contributed by atoms with Crippen LogP contribution in [0.4, 0.5) is 10.1 Å². The predicted octanol–water partition coefficient (Wildman–Crippen LogP) is 1.49. The molecule has 112 valence electrons. The highest BCUT2D eigenvalue weighted by atomic mass is 32.2. The topological polar surface area (TPSA) is 94.3 Å². The van der Waals surface area contributed by atoms with Crippen molar-refractivity contribution in [3.63, 3.8) is 0 Å².